The van der Waals surface area contributed by atoms with Crippen LogP contribution < -0.4 is 4.90 Å². The Kier molecular flexibility index (Phi) is 5.29. The Morgan fingerprint density at radius 1 is 1.21 bits per heavy atom. The highest BCUT2D eigenvalue weighted by Gasteiger charge is 2.26. The van der Waals surface area contributed by atoms with Gasteiger partial charge in [-0.25, -0.2) is 13.4 Å². The van der Waals surface area contributed by atoms with Gasteiger partial charge in [-0.2, -0.15) is 4.31 Å². The summed E-state index contributed by atoms with van der Waals surface area (Å²) < 4.78 is 32.4. The Balaban J connectivity index is 1.59. The largest absolute Gasteiger partial charge is 0.379 e. The molecule has 1 aliphatic rings. The van der Waals surface area contributed by atoms with E-state index in [1.54, 1.807) is 18.2 Å². The smallest absolute Gasteiger partial charge is 0.243 e. The van der Waals surface area contributed by atoms with Gasteiger partial charge in [0, 0.05) is 31.7 Å². The molecule has 9 heteroatoms. The fraction of sp³-hybridized carbons (Fsp3) is 0.316. The van der Waals surface area contributed by atoms with E-state index in [9.17, 15) is 8.42 Å². The van der Waals surface area contributed by atoms with E-state index in [2.05, 4.69) is 9.97 Å². The molecule has 0 radical (unpaired) electrons. The molecule has 7 nitrogen and oxygen atoms in total. The highest BCUT2D eigenvalue weighted by Crippen LogP contribution is 2.24. The van der Waals surface area contributed by atoms with Crippen molar-refractivity contribution in [3.63, 3.8) is 0 Å². The molecule has 2 aromatic carbocycles. The average molecular weight is 421 g/mol. The fourth-order valence-corrected chi connectivity index (χ4v) is 4.88. The van der Waals surface area contributed by atoms with E-state index < -0.39 is 10.0 Å². The fourth-order valence-electron chi connectivity index (χ4n) is 3.24. The Morgan fingerprint density at radius 3 is 2.75 bits per heavy atom. The zero-order valence-electron chi connectivity index (χ0n) is 15.4. The quantitative estimate of drug-likeness (QED) is 0.686. The molecule has 0 atom stereocenters. The van der Waals surface area contributed by atoms with Crippen molar-refractivity contribution in [1.29, 1.82) is 0 Å². The predicted octanol–water partition coefficient (Wildman–Crippen LogP) is 2.87. The zero-order valence-corrected chi connectivity index (χ0v) is 17.0. The van der Waals surface area contributed by atoms with Gasteiger partial charge in [-0.1, -0.05) is 23.7 Å². The first kappa shape index (κ1) is 19.2. The zero-order chi connectivity index (χ0) is 19.7. The van der Waals surface area contributed by atoms with E-state index in [4.69, 9.17) is 16.3 Å². The molecular formula is C19H21ClN4O3S. The van der Waals surface area contributed by atoms with Crippen LogP contribution in [0, 0.1) is 0 Å². The van der Waals surface area contributed by atoms with E-state index in [1.807, 2.05) is 36.2 Å². The number of H-pyrrole nitrogens is 1. The van der Waals surface area contributed by atoms with Gasteiger partial charge >= 0.3 is 0 Å². The molecule has 28 heavy (non-hydrogen) atoms. The molecule has 0 spiro atoms. The maximum absolute atomic E-state index is 12.9. The van der Waals surface area contributed by atoms with Crippen molar-refractivity contribution in [2.24, 2.45) is 0 Å². The molecule has 1 saturated heterocycles. The van der Waals surface area contributed by atoms with Crippen LogP contribution in [0.15, 0.2) is 47.4 Å². The van der Waals surface area contributed by atoms with Gasteiger partial charge in [-0.05, 0) is 35.9 Å². The second-order valence-corrected chi connectivity index (χ2v) is 9.12. The molecule has 3 aromatic rings. The second-order valence-electron chi connectivity index (χ2n) is 6.74. The van der Waals surface area contributed by atoms with Crippen LogP contribution in [0.25, 0.3) is 11.0 Å². The summed E-state index contributed by atoms with van der Waals surface area (Å²) in [4.78, 5) is 10.0. The van der Waals surface area contributed by atoms with Gasteiger partial charge < -0.3 is 14.6 Å². The van der Waals surface area contributed by atoms with Crippen molar-refractivity contribution in [3.05, 3.63) is 53.1 Å². The normalized spacial score (nSPS) is 15.8. The number of anilines is 1. The number of rotatable bonds is 5. The van der Waals surface area contributed by atoms with Crippen LogP contribution in [-0.4, -0.2) is 56.0 Å². The molecule has 1 fully saturated rings. The van der Waals surface area contributed by atoms with Crippen molar-refractivity contribution >= 4 is 38.6 Å². The van der Waals surface area contributed by atoms with Crippen LogP contribution in [0.3, 0.4) is 0 Å². The number of benzene rings is 2. The van der Waals surface area contributed by atoms with E-state index in [0.29, 0.717) is 54.9 Å². The number of nitrogens with one attached hydrogen (secondary N) is 1. The number of morpholine rings is 1. The first-order valence-corrected chi connectivity index (χ1v) is 10.8. The molecule has 0 saturated carbocycles. The van der Waals surface area contributed by atoms with Gasteiger partial charge in [-0.15, -0.1) is 0 Å². The van der Waals surface area contributed by atoms with Gasteiger partial charge in [0.2, 0.25) is 16.0 Å². The van der Waals surface area contributed by atoms with Gasteiger partial charge in [-0.3, -0.25) is 0 Å². The lowest BCUT2D eigenvalue weighted by Crippen LogP contribution is -2.40. The van der Waals surface area contributed by atoms with Crippen molar-refractivity contribution < 1.29 is 13.2 Å². The summed E-state index contributed by atoms with van der Waals surface area (Å²) in [5.41, 5.74) is 2.46. The van der Waals surface area contributed by atoms with E-state index in [1.165, 1.54) is 4.31 Å². The van der Waals surface area contributed by atoms with Crippen LogP contribution in [0.5, 0.6) is 0 Å². The van der Waals surface area contributed by atoms with Crippen LogP contribution in [0.2, 0.25) is 5.02 Å². The van der Waals surface area contributed by atoms with Crippen molar-refractivity contribution in [2.45, 2.75) is 11.4 Å². The third-order valence-corrected chi connectivity index (χ3v) is 6.85. The molecule has 0 bridgehead atoms. The predicted molar refractivity (Wildman–Crippen MR) is 109 cm³/mol. The number of aromatic nitrogens is 2. The van der Waals surface area contributed by atoms with Gasteiger partial charge in [0.25, 0.3) is 0 Å². The van der Waals surface area contributed by atoms with Crippen LogP contribution >= 0.6 is 11.6 Å². The number of sulfonamides is 1. The van der Waals surface area contributed by atoms with Crippen LogP contribution in [0.4, 0.5) is 5.95 Å². The number of fused-ring (bicyclic) bond motifs is 1. The molecule has 1 aliphatic heterocycles. The summed E-state index contributed by atoms with van der Waals surface area (Å²) in [5.74, 6) is 0.663. The van der Waals surface area contributed by atoms with Crippen LogP contribution in [-0.2, 0) is 21.3 Å². The maximum atomic E-state index is 12.9. The maximum Gasteiger partial charge on any atom is 0.243 e. The Hall–Kier alpha value is -2.13. The Morgan fingerprint density at radius 2 is 2.00 bits per heavy atom. The van der Waals surface area contributed by atoms with E-state index in [-0.39, 0.29) is 4.90 Å². The van der Waals surface area contributed by atoms with Gasteiger partial charge in [0.05, 0.1) is 29.1 Å². The summed E-state index contributed by atoms with van der Waals surface area (Å²) >= 11 is 6.05. The second kappa shape index (κ2) is 7.71. The minimum absolute atomic E-state index is 0.259. The Labute approximate surface area is 168 Å². The molecule has 2 heterocycles. The molecular weight excluding hydrogens is 400 g/mol. The van der Waals surface area contributed by atoms with E-state index >= 15 is 0 Å². The lowest BCUT2D eigenvalue weighted by atomic mass is 10.2. The highest BCUT2D eigenvalue weighted by atomic mass is 35.5. The highest BCUT2D eigenvalue weighted by molar-refractivity contribution is 7.89. The van der Waals surface area contributed by atoms with Gasteiger partial charge in [0.15, 0.2) is 0 Å². The minimum atomic E-state index is -3.54. The van der Waals surface area contributed by atoms with Crippen molar-refractivity contribution in [2.75, 3.05) is 38.3 Å². The van der Waals surface area contributed by atoms with Crippen molar-refractivity contribution in [3.8, 4) is 0 Å². The van der Waals surface area contributed by atoms with E-state index in [0.717, 1.165) is 5.56 Å². The van der Waals surface area contributed by atoms with Crippen LogP contribution in [0.1, 0.15) is 5.56 Å². The number of halogens is 1. The Bertz CT molecular complexity index is 1090. The number of imidazole rings is 1. The van der Waals surface area contributed by atoms with Crippen molar-refractivity contribution in [1.82, 2.24) is 14.3 Å². The molecule has 1 N–H and O–H groups in total. The van der Waals surface area contributed by atoms with Gasteiger partial charge in [0.1, 0.15) is 0 Å². The third-order valence-electron chi connectivity index (χ3n) is 4.72. The lowest BCUT2D eigenvalue weighted by molar-refractivity contribution is 0.0730. The summed E-state index contributed by atoms with van der Waals surface area (Å²) in [6.45, 7) is 2.21. The summed E-state index contributed by atoms with van der Waals surface area (Å²) in [7, 11) is -1.62. The first-order chi connectivity index (χ1) is 13.4. The molecule has 1 aromatic heterocycles. The molecule has 148 valence electrons. The summed E-state index contributed by atoms with van der Waals surface area (Å²) in [6, 6.07) is 12.6. The molecule has 4 rings (SSSR count). The first-order valence-electron chi connectivity index (χ1n) is 8.97. The SMILES string of the molecule is CN(Cc1cccc(Cl)c1)c1nc2ccc(S(=O)(=O)N3CCOCC3)cc2[nH]1. The number of aromatic amines is 1. The average Bonchev–Trinajstić information content (AvgIpc) is 3.12. The lowest BCUT2D eigenvalue weighted by Gasteiger charge is -2.25. The summed E-state index contributed by atoms with van der Waals surface area (Å²) in [5, 5.41) is 0.688. The number of ether oxygens (including phenoxy) is 1. The molecule has 0 aliphatic carbocycles. The number of hydrogen-bond acceptors (Lipinski definition) is 5. The number of nitrogens with zero attached hydrogens (tertiary/aromatic N) is 3. The minimum Gasteiger partial charge on any atom is -0.379 e. The monoisotopic (exact) mass is 420 g/mol. The standard InChI is InChI=1S/C19H21ClN4O3S/c1-23(13-14-3-2-4-15(20)11-14)19-21-17-6-5-16(12-18(17)22-19)28(25,26)24-7-9-27-10-8-24/h2-6,11-12H,7-10,13H2,1H3,(H,21,22). The topological polar surface area (TPSA) is 78.5 Å². The summed E-state index contributed by atoms with van der Waals surface area (Å²) in [6.07, 6.45) is 0. The number of hydrogen-bond donors (Lipinski definition) is 1. The molecule has 0 unspecified atom stereocenters. The third kappa shape index (κ3) is 3.86. The molecule has 0 amide bonds.